The zero-order valence-electron chi connectivity index (χ0n) is 10.2. The average molecular weight is 222 g/mol. The van der Waals surface area contributed by atoms with Gasteiger partial charge in [0.2, 0.25) is 5.75 Å². The van der Waals surface area contributed by atoms with Crippen LogP contribution in [-0.4, -0.2) is 20.8 Å². The molecular weight excluding hydrogens is 204 g/mol. The van der Waals surface area contributed by atoms with Gasteiger partial charge in [-0.1, -0.05) is 12.2 Å². The van der Waals surface area contributed by atoms with Crippen LogP contribution in [0.1, 0.15) is 19.4 Å². The molecule has 0 fully saturated rings. The lowest BCUT2D eigenvalue weighted by Gasteiger charge is -2.13. The van der Waals surface area contributed by atoms with E-state index in [1.165, 1.54) is 0 Å². The third kappa shape index (κ3) is 2.69. The molecule has 0 bridgehead atoms. The summed E-state index contributed by atoms with van der Waals surface area (Å²) in [6.07, 6.45) is 3.96. The van der Waals surface area contributed by atoms with Crippen LogP contribution in [0.2, 0.25) is 0 Å². The van der Waals surface area contributed by atoms with E-state index in [-0.39, 0.29) is 0 Å². The van der Waals surface area contributed by atoms with Gasteiger partial charge in [-0.15, -0.1) is 0 Å². The number of hydrogen-bond acceptors (Lipinski definition) is 3. The summed E-state index contributed by atoms with van der Waals surface area (Å²) in [7, 11) is 3.22. The van der Waals surface area contributed by atoms with Crippen LogP contribution >= 0.6 is 0 Å². The zero-order chi connectivity index (χ0) is 12.0. The highest BCUT2D eigenvalue weighted by atomic mass is 16.5. The van der Waals surface area contributed by atoms with Gasteiger partial charge in [-0.2, -0.15) is 0 Å². The van der Waals surface area contributed by atoms with Gasteiger partial charge in [-0.05, 0) is 31.5 Å². The van der Waals surface area contributed by atoms with Gasteiger partial charge < -0.3 is 14.2 Å². The highest BCUT2D eigenvalue weighted by molar-refractivity contribution is 5.61. The van der Waals surface area contributed by atoms with Gasteiger partial charge in [0.25, 0.3) is 0 Å². The number of rotatable bonds is 5. The average Bonchev–Trinajstić information content (AvgIpc) is 2.29. The molecule has 0 spiro atoms. The lowest BCUT2D eigenvalue weighted by atomic mass is 10.1. The summed E-state index contributed by atoms with van der Waals surface area (Å²) in [6, 6.07) is 3.85. The van der Waals surface area contributed by atoms with E-state index in [2.05, 4.69) is 0 Å². The van der Waals surface area contributed by atoms with Crippen LogP contribution in [0.5, 0.6) is 17.2 Å². The van der Waals surface area contributed by atoms with Crippen LogP contribution in [0.3, 0.4) is 0 Å². The van der Waals surface area contributed by atoms with Crippen molar-refractivity contribution in [3.05, 3.63) is 23.8 Å². The summed E-state index contributed by atoms with van der Waals surface area (Å²) in [5.41, 5.74) is 1.03. The quantitative estimate of drug-likeness (QED) is 0.766. The lowest BCUT2D eigenvalue weighted by molar-refractivity contribution is 0.296. The van der Waals surface area contributed by atoms with Gasteiger partial charge >= 0.3 is 0 Å². The first-order valence-corrected chi connectivity index (χ1v) is 5.28. The summed E-state index contributed by atoms with van der Waals surface area (Å²) in [5, 5.41) is 0. The topological polar surface area (TPSA) is 27.7 Å². The van der Waals surface area contributed by atoms with E-state index in [0.29, 0.717) is 23.9 Å². The summed E-state index contributed by atoms with van der Waals surface area (Å²) in [4.78, 5) is 0. The molecule has 0 heterocycles. The minimum absolute atomic E-state index is 0.596. The van der Waals surface area contributed by atoms with Crippen LogP contribution in [0.15, 0.2) is 18.2 Å². The monoisotopic (exact) mass is 222 g/mol. The Bertz CT molecular complexity index is 370. The van der Waals surface area contributed by atoms with E-state index in [1.54, 1.807) is 14.2 Å². The van der Waals surface area contributed by atoms with Crippen molar-refractivity contribution in [2.45, 2.75) is 13.8 Å². The summed E-state index contributed by atoms with van der Waals surface area (Å²) in [5.74, 6) is 2.02. The Morgan fingerprint density at radius 2 is 1.81 bits per heavy atom. The standard InChI is InChI=1S/C13H18O3/c1-5-7-10-8-11(14-3)13(15-4)12(9-10)16-6-2/h5,7-9H,6H2,1-4H3. The predicted molar refractivity (Wildman–Crippen MR) is 65.4 cm³/mol. The summed E-state index contributed by atoms with van der Waals surface area (Å²) < 4.78 is 16.1. The third-order valence-corrected chi connectivity index (χ3v) is 2.13. The van der Waals surface area contributed by atoms with Crippen molar-refractivity contribution >= 4 is 6.08 Å². The van der Waals surface area contributed by atoms with E-state index >= 15 is 0 Å². The molecule has 88 valence electrons. The normalized spacial score (nSPS) is 10.5. The molecule has 3 nitrogen and oxygen atoms in total. The molecule has 0 unspecified atom stereocenters. The molecule has 3 heteroatoms. The maximum atomic E-state index is 5.52. The lowest BCUT2D eigenvalue weighted by Crippen LogP contribution is -1.98. The smallest absolute Gasteiger partial charge is 0.203 e. The van der Waals surface area contributed by atoms with E-state index in [0.717, 1.165) is 5.56 Å². The molecule has 0 aliphatic carbocycles. The van der Waals surface area contributed by atoms with Crippen LogP contribution < -0.4 is 14.2 Å². The number of methoxy groups -OCH3 is 2. The van der Waals surface area contributed by atoms with Crippen LogP contribution in [0.4, 0.5) is 0 Å². The van der Waals surface area contributed by atoms with E-state index in [4.69, 9.17) is 14.2 Å². The second kappa shape index (κ2) is 6.05. The van der Waals surface area contributed by atoms with E-state index < -0.39 is 0 Å². The molecule has 0 radical (unpaired) electrons. The molecule has 16 heavy (non-hydrogen) atoms. The Hall–Kier alpha value is -1.64. The first-order valence-electron chi connectivity index (χ1n) is 5.28. The largest absolute Gasteiger partial charge is 0.493 e. The Morgan fingerprint density at radius 1 is 1.12 bits per heavy atom. The van der Waals surface area contributed by atoms with Crippen molar-refractivity contribution < 1.29 is 14.2 Å². The Kier molecular flexibility index (Phi) is 4.70. The predicted octanol–water partition coefficient (Wildman–Crippen LogP) is 3.14. The van der Waals surface area contributed by atoms with E-state index in [1.807, 2.05) is 38.1 Å². The Balaban J connectivity index is 3.25. The van der Waals surface area contributed by atoms with Crippen LogP contribution in [0, 0.1) is 0 Å². The van der Waals surface area contributed by atoms with Crippen molar-refractivity contribution in [3.8, 4) is 17.2 Å². The molecule has 0 saturated carbocycles. The van der Waals surface area contributed by atoms with Gasteiger partial charge in [-0.25, -0.2) is 0 Å². The van der Waals surface area contributed by atoms with Crippen molar-refractivity contribution in [2.75, 3.05) is 20.8 Å². The minimum Gasteiger partial charge on any atom is -0.493 e. The molecular formula is C13H18O3. The molecule has 0 saturated heterocycles. The van der Waals surface area contributed by atoms with Crippen LogP contribution in [0.25, 0.3) is 6.08 Å². The molecule has 1 aromatic carbocycles. The Labute approximate surface area is 96.6 Å². The van der Waals surface area contributed by atoms with Crippen molar-refractivity contribution in [3.63, 3.8) is 0 Å². The fourth-order valence-corrected chi connectivity index (χ4v) is 1.50. The van der Waals surface area contributed by atoms with Gasteiger partial charge in [-0.3, -0.25) is 0 Å². The summed E-state index contributed by atoms with van der Waals surface area (Å²) >= 11 is 0. The highest BCUT2D eigenvalue weighted by Gasteiger charge is 2.12. The first-order chi connectivity index (χ1) is 7.76. The maximum Gasteiger partial charge on any atom is 0.203 e. The fraction of sp³-hybridized carbons (Fsp3) is 0.385. The molecule has 1 rings (SSSR count). The zero-order valence-corrected chi connectivity index (χ0v) is 10.2. The van der Waals surface area contributed by atoms with Gasteiger partial charge in [0, 0.05) is 0 Å². The molecule has 0 N–H and O–H groups in total. The molecule has 0 aromatic heterocycles. The number of benzene rings is 1. The van der Waals surface area contributed by atoms with Crippen molar-refractivity contribution in [1.82, 2.24) is 0 Å². The fourth-order valence-electron chi connectivity index (χ4n) is 1.50. The molecule has 0 amide bonds. The second-order valence-electron chi connectivity index (χ2n) is 3.19. The Morgan fingerprint density at radius 3 is 2.31 bits per heavy atom. The third-order valence-electron chi connectivity index (χ3n) is 2.13. The number of allylic oxidation sites excluding steroid dienone is 1. The number of hydrogen-bond donors (Lipinski definition) is 0. The van der Waals surface area contributed by atoms with E-state index in [9.17, 15) is 0 Å². The molecule has 0 aliphatic heterocycles. The van der Waals surface area contributed by atoms with Crippen molar-refractivity contribution in [2.24, 2.45) is 0 Å². The maximum absolute atomic E-state index is 5.52. The second-order valence-corrected chi connectivity index (χ2v) is 3.19. The van der Waals surface area contributed by atoms with Crippen molar-refractivity contribution in [1.29, 1.82) is 0 Å². The highest BCUT2D eigenvalue weighted by Crippen LogP contribution is 2.38. The van der Waals surface area contributed by atoms with Gasteiger partial charge in [0.15, 0.2) is 11.5 Å². The van der Waals surface area contributed by atoms with Gasteiger partial charge in [0.1, 0.15) is 0 Å². The minimum atomic E-state index is 0.596. The molecule has 0 atom stereocenters. The van der Waals surface area contributed by atoms with Gasteiger partial charge in [0.05, 0.1) is 20.8 Å². The SMILES string of the molecule is CC=Cc1cc(OC)c(OC)c(OCC)c1. The first kappa shape index (κ1) is 12.4. The molecule has 1 aromatic rings. The number of ether oxygens (including phenoxy) is 3. The summed E-state index contributed by atoms with van der Waals surface area (Å²) in [6.45, 7) is 4.50. The molecule has 0 aliphatic rings. The van der Waals surface area contributed by atoms with Crippen LogP contribution in [-0.2, 0) is 0 Å².